The Morgan fingerprint density at radius 1 is 1.46 bits per heavy atom. The monoisotopic (exact) mass is 339 g/mol. The minimum absolute atomic E-state index is 0. The Morgan fingerprint density at radius 3 is 2.85 bits per heavy atom. The molecule has 2 rings (SSSR count). The van der Waals surface area contributed by atoms with Crippen LogP contribution in [0.2, 0.25) is 0 Å². The Labute approximate surface area is 114 Å². The van der Waals surface area contributed by atoms with Gasteiger partial charge in [-0.3, -0.25) is 0 Å². The van der Waals surface area contributed by atoms with E-state index in [1.807, 2.05) is 10.8 Å². The van der Waals surface area contributed by atoms with E-state index in [9.17, 15) is 0 Å². The zero-order chi connectivity index (χ0) is 7.68. The van der Waals surface area contributed by atoms with Crippen molar-refractivity contribution in [2.75, 3.05) is 13.2 Å². The van der Waals surface area contributed by atoms with Gasteiger partial charge in [0.1, 0.15) is 6.61 Å². The summed E-state index contributed by atoms with van der Waals surface area (Å²) >= 11 is 1.54. The zero-order valence-corrected chi connectivity index (χ0v) is 10.7. The molecule has 1 unspecified atom stereocenters. The molecule has 0 saturated heterocycles. The maximum absolute atomic E-state index is 8.75. The standard InChI is InChI=1S/C7H8O3S.CH3.Sm/c8-1-5-2-9-6-3-11-4-7(6)10-5;;/h3-5,8H,1-2H2;1H3;/q;-1;. The van der Waals surface area contributed by atoms with Crippen LogP contribution in [0.15, 0.2) is 10.8 Å². The van der Waals surface area contributed by atoms with Crippen molar-refractivity contribution in [1.29, 1.82) is 0 Å². The predicted molar refractivity (Wildman–Crippen MR) is 47.7 cm³/mol. The van der Waals surface area contributed by atoms with Gasteiger partial charge >= 0.3 is 0 Å². The SMILES string of the molecule is OCC1COc2cscc2O1.[CH3-].[Sm]. The summed E-state index contributed by atoms with van der Waals surface area (Å²) < 4.78 is 10.6. The van der Waals surface area contributed by atoms with E-state index < -0.39 is 0 Å². The molecule has 0 radical (unpaired) electrons. The molecular weight excluding hydrogens is 327 g/mol. The number of fused-ring (bicyclic) bond motifs is 1. The third kappa shape index (κ3) is 3.03. The molecule has 0 fully saturated rings. The molecule has 1 aromatic heterocycles. The summed E-state index contributed by atoms with van der Waals surface area (Å²) in [5.74, 6) is 1.54. The molecule has 74 valence electrons. The first kappa shape index (κ1) is 13.6. The van der Waals surface area contributed by atoms with E-state index in [-0.39, 0.29) is 60.5 Å². The molecular formula is C8H11O3SSm-. The van der Waals surface area contributed by atoms with E-state index in [1.54, 1.807) is 0 Å². The second kappa shape index (κ2) is 6.15. The summed E-state index contributed by atoms with van der Waals surface area (Å²) in [6, 6.07) is 0. The molecule has 13 heavy (non-hydrogen) atoms. The first-order chi connectivity index (χ1) is 5.40. The Hall–Kier alpha value is 0.598. The first-order valence-corrected chi connectivity index (χ1v) is 4.31. The van der Waals surface area contributed by atoms with Crippen LogP contribution in [0.1, 0.15) is 0 Å². The van der Waals surface area contributed by atoms with E-state index in [0.29, 0.717) is 6.61 Å². The van der Waals surface area contributed by atoms with Crippen molar-refractivity contribution in [3.63, 3.8) is 0 Å². The molecule has 0 saturated carbocycles. The molecule has 0 aromatic carbocycles. The number of aliphatic hydroxyl groups excluding tert-OH is 1. The number of thiophene rings is 1. The molecule has 3 nitrogen and oxygen atoms in total. The van der Waals surface area contributed by atoms with Crippen LogP contribution in [-0.2, 0) is 0 Å². The summed E-state index contributed by atoms with van der Waals surface area (Å²) in [6.45, 7) is 0.454. The number of ether oxygens (including phenoxy) is 2. The normalized spacial score (nSPS) is 18.4. The summed E-state index contributed by atoms with van der Waals surface area (Å²) in [4.78, 5) is 0. The Bertz CT molecular complexity index is 251. The fourth-order valence-corrected chi connectivity index (χ4v) is 1.62. The van der Waals surface area contributed by atoms with Gasteiger partial charge in [0.15, 0.2) is 17.6 Å². The van der Waals surface area contributed by atoms with Crippen LogP contribution in [0.3, 0.4) is 0 Å². The second-order valence-corrected chi connectivity index (χ2v) is 3.08. The van der Waals surface area contributed by atoms with Crippen LogP contribution in [0.5, 0.6) is 11.5 Å². The summed E-state index contributed by atoms with van der Waals surface area (Å²) in [5.41, 5.74) is 0. The number of hydrogen-bond donors (Lipinski definition) is 1. The van der Waals surface area contributed by atoms with Gasteiger partial charge in [-0.15, -0.1) is 11.3 Å². The van der Waals surface area contributed by atoms with E-state index in [2.05, 4.69) is 0 Å². The third-order valence-electron chi connectivity index (χ3n) is 1.52. The average Bonchev–Trinajstić information content (AvgIpc) is 2.50. The van der Waals surface area contributed by atoms with Gasteiger partial charge in [0.25, 0.3) is 0 Å². The van der Waals surface area contributed by atoms with Crippen molar-refractivity contribution in [2.24, 2.45) is 0 Å². The molecule has 1 aromatic rings. The van der Waals surface area contributed by atoms with Gasteiger partial charge in [-0.05, 0) is 0 Å². The molecule has 0 spiro atoms. The molecule has 0 bridgehead atoms. The van der Waals surface area contributed by atoms with Crippen molar-refractivity contribution in [3.05, 3.63) is 18.2 Å². The molecule has 1 aliphatic heterocycles. The third-order valence-corrected chi connectivity index (χ3v) is 2.22. The second-order valence-electron chi connectivity index (χ2n) is 2.33. The fraction of sp³-hybridized carbons (Fsp3) is 0.375. The van der Waals surface area contributed by atoms with Gasteiger partial charge in [0, 0.05) is 51.1 Å². The largest absolute Gasteiger partial charge is 0.485 e. The minimum atomic E-state index is -0.197. The number of aliphatic hydroxyl groups is 1. The predicted octanol–water partition coefficient (Wildman–Crippen LogP) is 1.33. The minimum Gasteiger partial charge on any atom is -0.485 e. The van der Waals surface area contributed by atoms with Crippen LogP contribution in [0, 0.1) is 47.8 Å². The van der Waals surface area contributed by atoms with Crippen LogP contribution in [0.4, 0.5) is 0 Å². The summed E-state index contributed by atoms with van der Waals surface area (Å²) in [6.07, 6.45) is -0.197. The Kier molecular flexibility index (Phi) is 6.43. The fourth-order valence-electron chi connectivity index (χ4n) is 0.951. The van der Waals surface area contributed by atoms with Crippen molar-refractivity contribution in [3.8, 4) is 11.5 Å². The molecule has 1 atom stereocenters. The molecule has 5 heteroatoms. The van der Waals surface area contributed by atoms with Crippen LogP contribution >= 0.6 is 11.3 Å². The van der Waals surface area contributed by atoms with E-state index in [1.165, 1.54) is 11.3 Å². The molecule has 1 N–H and O–H groups in total. The van der Waals surface area contributed by atoms with Crippen LogP contribution in [-0.4, -0.2) is 24.4 Å². The first-order valence-electron chi connectivity index (χ1n) is 3.36. The van der Waals surface area contributed by atoms with E-state index >= 15 is 0 Å². The molecule has 0 aliphatic carbocycles. The van der Waals surface area contributed by atoms with Crippen LogP contribution in [0.25, 0.3) is 0 Å². The number of rotatable bonds is 1. The van der Waals surface area contributed by atoms with Crippen molar-refractivity contribution in [1.82, 2.24) is 0 Å². The molecule has 2 heterocycles. The van der Waals surface area contributed by atoms with Crippen LogP contribution < -0.4 is 9.47 Å². The smallest absolute Gasteiger partial charge is 0.172 e. The van der Waals surface area contributed by atoms with Crippen molar-refractivity contribution < 1.29 is 55.0 Å². The van der Waals surface area contributed by atoms with Crippen molar-refractivity contribution in [2.45, 2.75) is 6.10 Å². The Balaban J connectivity index is 0.000000720. The topological polar surface area (TPSA) is 38.7 Å². The maximum Gasteiger partial charge on any atom is 0.172 e. The van der Waals surface area contributed by atoms with Gasteiger partial charge in [-0.2, -0.15) is 0 Å². The molecule has 0 amide bonds. The van der Waals surface area contributed by atoms with Gasteiger partial charge in [0.2, 0.25) is 0 Å². The maximum atomic E-state index is 8.75. The van der Waals surface area contributed by atoms with E-state index in [4.69, 9.17) is 14.6 Å². The van der Waals surface area contributed by atoms with Gasteiger partial charge in [-0.25, -0.2) is 0 Å². The summed E-state index contributed by atoms with van der Waals surface area (Å²) in [5, 5.41) is 12.5. The Morgan fingerprint density at radius 2 is 2.15 bits per heavy atom. The van der Waals surface area contributed by atoms with Crippen molar-refractivity contribution >= 4 is 11.3 Å². The van der Waals surface area contributed by atoms with Gasteiger partial charge in [-0.1, -0.05) is 0 Å². The van der Waals surface area contributed by atoms with Gasteiger partial charge in [0.05, 0.1) is 6.61 Å². The quantitative estimate of drug-likeness (QED) is 0.786. The average molecular weight is 338 g/mol. The summed E-state index contributed by atoms with van der Waals surface area (Å²) in [7, 11) is 0. The number of hydrogen-bond acceptors (Lipinski definition) is 4. The van der Waals surface area contributed by atoms with E-state index in [0.717, 1.165) is 11.5 Å². The van der Waals surface area contributed by atoms with Gasteiger partial charge < -0.3 is 22.0 Å². The molecule has 1 aliphatic rings. The zero-order valence-electron chi connectivity index (χ0n) is 7.23.